The van der Waals surface area contributed by atoms with Gasteiger partial charge in [0.2, 0.25) is 0 Å². The number of alkyl halides is 3. The summed E-state index contributed by atoms with van der Waals surface area (Å²) in [6.07, 6.45) is 0.133. The number of hydrogen-bond acceptors (Lipinski definition) is 4. The maximum absolute atomic E-state index is 13.2. The maximum atomic E-state index is 13.2. The smallest absolute Gasteiger partial charge is 0.413 e. The van der Waals surface area contributed by atoms with Crippen LogP contribution in [0.25, 0.3) is 0 Å². The third kappa shape index (κ3) is 4.32. The van der Waals surface area contributed by atoms with Crippen molar-refractivity contribution in [2.75, 3.05) is 13.2 Å². The van der Waals surface area contributed by atoms with Crippen molar-refractivity contribution in [3.63, 3.8) is 0 Å². The number of carbonyl (C=O) groups excluding carboxylic acids is 1. The van der Waals surface area contributed by atoms with Gasteiger partial charge in [0.1, 0.15) is 6.10 Å². The van der Waals surface area contributed by atoms with Gasteiger partial charge < -0.3 is 15.2 Å². The molecule has 3 atom stereocenters. The lowest BCUT2D eigenvalue weighted by molar-refractivity contribution is -0.159. The molecule has 3 unspecified atom stereocenters. The molecule has 0 bridgehead atoms. The van der Waals surface area contributed by atoms with Crippen LogP contribution < -0.4 is 5.73 Å². The summed E-state index contributed by atoms with van der Waals surface area (Å²) in [6, 6.07) is 0. The lowest BCUT2D eigenvalue weighted by Gasteiger charge is -2.40. The Morgan fingerprint density at radius 1 is 1.38 bits per heavy atom. The number of fused-ring (bicyclic) bond motifs is 1. The minimum absolute atomic E-state index is 0.162. The van der Waals surface area contributed by atoms with E-state index in [1.807, 2.05) is 6.92 Å². The number of unbranched alkanes of at least 4 members (excludes halogenated alkanes) is 1. The topological polar surface area (TPSA) is 61.5 Å². The van der Waals surface area contributed by atoms with E-state index < -0.39 is 29.7 Å². The molecule has 0 radical (unpaired) electrons. The van der Waals surface area contributed by atoms with Crippen molar-refractivity contribution in [3.05, 3.63) is 23.5 Å². The zero-order valence-corrected chi connectivity index (χ0v) is 13.8. The van der Waals surface area contributed by atoms with Crippen LogP contribution in [0.15, 0.2) is 23.5 Å². The Bertz CT molecular complexity index is 514. The average molecular weight is 347 g/mol. The van der Waals surface area contributed by atoms with Gasteiger partial charge in [-0.1, -0.05) is 13.3 Å². The fourth-order valence-electron chi connectivity index (χ4n) is 3.35. The molecular weight excluding hydrogens is 323 g/mol. The fraction of sp³-hybridized carbons (Fsp3) is 0.706. The molecule has 1 heterocycles. The van der Waals surface area contributed by atoms with Crippen LogP contribution in [0.3, 0.4) is 0 Å². The molecule has 0 aromatic carbocycles. The molecule has 7 heteroatoms. The van der Waals surface area contributed by atoms with E-state index in [0.29, 0.717) is 31.4 Å². The lowest BCUT2D eigenvalue weighted by atomic mass is 9.75. The summed E-state index contributed by atoms with van der Waals surface area (Å²) in [7, 11) is 0. The number of hydrogen-bond donors (Lipinski definition) is 1. The molecule has 2 rings (SSSR count). The summed E-state index contributed by atoms with van der Waals surface area (Å²) >= 11 is 0. The zero-order chi connectivity index (χ0) is 17.7. The second kappa shape index (κ2) is 8.05. The molecule has 4 nitrogen and oxygen atoms in total. The summed E-state index contributed by atoms with van der Waals surface area (Å²) in [6.45, 7) is 2.99. The standard InChI is InChI=1S/C17H24F3NO3/c1-2-5-12-14(23-9-4-3-8-21)7-6-11-13(17(18,19)20)10-15(22)24-16(11)12/h7,10-12,16H,2-6,8-9,21H2,1H3. The highest BCUT2D eigenvalue weighted by Crippen LogP contribution is 2.45. The van der Waals surface area contributed by atoms with Crippen molar-refractivity contribution in [1.82, 2.24) is 0 Å². The molecule has 1 aliphatic carbocycles. The zero-order valence-electron chi connectivity index (χ0n) is 13.8. The van der Waals surface area contributed by atoms with Crippen molar-refractivity contribution >= 4 is 5.97 Å². The minimum Gasteiger partial charge on any atom is -0.498 e. The van der Waals surface area contributed by atoms with Crippen molar-refractivity contribution in [1.29, 1.82) is 0 Å². The van der Waals surface area contributed by atoms with E-state index in [0.717, 1.165) is 19.3 Å². The second-order valence-electron chi connectivity index (χ2n) is 6.19. The average Bonchev–Trinajstić information content (AvgIpc) is 2.52. The Labute approximate surface area is 139 Å². The first kappa shape index (κ1) is 18.8. The number of ether oxygens (including phenoxy) is 2. The monoisotopic (exact) mass is 347 g/mol. The van der Waals surface area contributed by atoms with Crippen molar-refractivity contribution in [2.24, 2.45) is 17.6 Å². The molecule has 136 valence electrons. The Balaban J connectivity index is 2.20. The molecular formula is C17H24F3NO3. The number of nitrogens with two attached hydrogens (primary N) is 1. The largest absolute Gasteiger partial charge is 0.498 e. The first-order valence-electron chi connectivity index (χ1n) is 8.40. The molecule has 2 aliphatic rings. The van der Waals surface area contributed by atoms with Crippen molar-refractivity contribution < 1.29 is 27.4 Å². The van der Waals surface area contributed by atoms with Crippen LogP contribution in [0.4, 0.5) is 13.2 Å². The summed E-state index contributed by atoms with van der Waals surface area (Å²) in [5.41, 5.74) is 4.65. The fourth-order valence-corrected chi connectivity index (χ4v) is 3.35. The Morgan fingerprint density at radius 3 is 2.75 bits per heavy atom. The van der Waals surface area contributed by atoms with E-state index in [4.69, 9.17) is 15.2 Å². The van der Waals surface area contributed by atoms with Crippen LogP contribution >= 0.6 is 0 Å². The molecule has 24 heavy (non-hydrogen) atoms. The van der Waals surface area contributed by atoms with Crippen LogP contribution in [0.1, 0.15) is 39.0 Å². The molecule has 0 aromatic rings. The number of rotatable bonds is 7. The van der Waals surface area contributed by atoms with Crippen LogP contribution in [-0.2, 0) is 14.3 Å². The minimum atomic E-state index is -4.52. The van der Waals surface area contributed by atoms with Crippen LogP contribution in [0.5, 0.6) is 0 Å². The molecule has 0 saturated carbocycles. The Morgan fingerprint density at radius 2 is 2.12 bits per heavy atom. The number of halogens is 3. The predicted octanol–water partition coefficient (Wildman–Crippen LogP) is 3.48. The third-order valence-electron chi connectivity index (χ3n) is 4.45. The molecule has 0 fully saturated rings. The van der Waals surface area contributed by atoms with E-state index in [1.54, 1.807) is 6.08 Å². The highest BCUT2D eigenvalue weighted by molar-refractivity contribution is 5.84. The molecule has 0 aromatic heterocycles. The SMILES string of the molecule is CCCC1C(OCCCCN)=CCC2C(C(F)(F)F)=CC(=O)OC12. The molecule has 1 aliphatic heterocycles. The number of esters is 1. The summed E-state index contributed by atoms with van der Waals surface area (Å²) in [5.74, 6) is -1.46. The van der Waals surface area contributed by atoms with Gasteiger partial charge in [-0.15, -0.1) is 0 Å². The van der Waals surface area contributed by atoms with Gasteiger partial charge in [-0.2, -0.15) is 13.2 Å². The predicted molar refractivity (Wildman–Crippen MR) is 82.8 cm³/mol. The molecule has 0 spiro atoms. The van der Waals surface area contributed by atoms with Gasteiger partial charge in [0, 0.05) is 17.6 Å². The van der Waals surface area contributed by atoms with Gasteiger partial charge in [0.05, 0.1) is 18.3 Å². The highest BCUT2D eigenvalue weighted by Gasteiger charge is 2.50. The van der Waals surface area contributed by atoms with E-state index in [2.05, 4.69) is 0 Å². The quantitative estimate of drug-likeness (QED) is 0.566. The summed E-state index contributed by atoms with van der Waals surface area (Å²) in [4.78, 5) is 11.7. The van der Waals surface area contributed by atoms with Crippen molar-refractivity contribution in [2.45, 2.75) is 51.3 Å². The van der Waals surface area contributed by atoms with Gasteiger partial charge >= 0.3 is 12.1 Å². The normalized spacial score (nSPS) is 27.0. The van der Waals surface area contributed by atoms with Gasteiger partial charge in [-0.3, -0.25) is 0 Å². The molecule has 2 N–H and O–H groups in total. The first-order chi connectivity index (χ1) is 11.4. The van der Waals surface area contributed by atoms with E-state index in [-0.39, 0.29) is 12.3 Å². The third-order valence-corrected chi connectivity index (χ3v) is 4.45. The van der Waals surface area contributed by atoms with Crippen molar-refractivity contribution in [3.8, 4) is 0 Å². The molecule has 0 amide bonds. The molecule has 0 saturated heterocycles. The van der Waals surface area contributed by atoms with Gasteiger partial charge in [0.15, 0.2) is 0 Å². The van der Waals surface area contributed by atoms with Crippen LogP contribution in [0, 0.1) is 11.8 Å². The van der Waals surface area contributed by atoms with E-state index >= 15 is 0 Å². The van der Waals surface area contributed by atoms with E-state index in [9.17, 15) is 18.0 Å². The Kier molecular flexibility index (Phi) is 6.32. The maximum Gasteiger partial charge on any atom is 0.413 e. The first-order valence-corrected chi connectivity index (χ1v) is 8.40. The van der Waals surface area contributed by atoms with Gasteiger partial charge in [-0.05, 0) is 38.3 Å². The van der Waals surface area contributed by atoms with Crippen LogP contribution in [-0.4, -0.2) is 31.4 Å². The number of allylic oxidation sites excluding steroid dienone is 1. The second-order valence-corrected chi connectivity index (χ2v) is 6.19. The van der Waals surface area contributed by atoms with E-state index in [1.165, 1.54) is 0 Å². The summed E-state index contributed by atoms with van der Waals surface area (Å²) in [5, 5.41) is 0. The number of carbonyl (C=O) groups is 1. The summed E-state index contributed by atoms with van der Waals surface area (Å²) < 4.78 is 50.8. The van der Waals surface area contributed by atoms with Gasteiger partial charge in [-0.25, -0.2) is 4.79 Å². The van der Waals surface area contributed by atoms with Gasteiger partial charge in [0.25, 0.3) is 0 Å². The van der Waals surface area contributed by atoms with Crippen LogP contribution in [0.2, 0.25) is 0 Å². The Hall–Kier alpha value is -1.50. The lowest BCUT2D eigenvalue weighted by Crippen LogP contribution is -2.44. The highest BCUT2D eigenvalue weighted by atomic mass is 19.4.